The van der Waals surface area contributed by atoms with Crippen LogP contribution < -0.4 is 16.2 Å². The fraction of sp³-hybridized carbons (Fsp3) is 0.263. The van der Waals surface area contributed by atoms with Gasteiger partial charge in [0.2, 0.25) is 5.91 Å². The van der Waals surface area contributed by atoms with Crippen LogP contribution in [0.25, 0.3) is 0 Å². The predicted octanol–water partition coefficient (Wildman–Crippen LogP) is 3.06. The molecule has 1 fully saturated rings. The summed E-state index contributed by atoms with van der Waals surface area (Å²) in [5, 5.41) is 3.46. The Hall–Kier alpha value is -2.41. The minimum absolute atomic E-state index is 0.0234. The lowest BCUT2D eigenvalue weighted by atomic mass is 10.0. The molecule has 3 rings (SSSR count). The quantitative estimate of drug-likeness (QED) is 0.702. The molecule has 3 N–H and O–H groups in total. The summed E-state index contributed by atoms with van der Waals surface area (Å²) < 4.78 is 5.03. The number of rotatable bonds is 5. The Balaban J connectivity index is 1.67. The largest absolute Gasteiger partial charge is 0.462 e. The second-order valence-corrected chi connectivity index (χ2v) is 6.38. The van der Waals surface area contributed by atoms with Gasteiger partial charge in [-0.25, -0.2) is 15.6 Å². The molecule has 1 aliphatic heterocycles. The van der Waals surface area contributed by atoms with Crippen molar-refractivity contribution in [3.8, 4) is 0 Å². The standard InChI is InChI=1S/C19H20ClN3O3/c1-2-26-19(25)14-8-3-4-9-15(14)21-18(24)17-11-16(22-23-17)12-6-5-7-13(20)10-12/h3-10,16-17,22-23H,2,11H2,1H3,(H,21,24). The first-order valence-corrected chi connectivity index (χ1v) is 8.80. The number of carbonyl (C=O) groups excluding carboxylic acids is 2. The van der Waals surface area contributed by atoms with E-state index in [-0.39, 0.29) is 18.6 Å². The van der Waals surface area contributed by atoms with E-state index in [1.54, 1.807) is 31.2 Å². The number of ether oxygens (including phenoxy) is 1. The van der Waals surface area contributed by atoms with Crippen molar-refractivity contribution in [1.29, 1.82) is 0 Å². The van der Waals surface area contributed by atoms with Crippen LogP contribution in [0.15, 0.2) is 48.5 Å². The third kappa shape index (κ3) is 4.22. The molecule has 0 spiro atoms. The minimum Gasteiger partial charge on any atom is -0.462 e. The second kappa shape index (κ2) is 8.31. The monoisotopic (exact) mass is 373 g/mol. The number of esters is 1. The molecule has 0 aliphatic carbocycles. The number of para-hydroxylation sites is 1. The number of carbonyl (C=O) groups is 2. The van der Waals surface area contributed by atoms with Gasteiger partial charge in [-0.2, -0.15) is 0 Å². The van der Waals surface area contributed by atoms with Gasteiger partial charge in [0.1, 0.15) is 6.04 Å². The molecule has 7 heteroatoms. The van der Waals surface area contributed by atoms with Crippen LogP contribution in [0, 0.1) is 0 Å². The number of halogens is 1. The Morgan fingerprint density at radius 2 is 2.00 bits per heavy atom. The number of hydrogen-bond donors (Lipinski definition) is 3. The second-order valence-electron chi connectivity index (χ2n) is 5.94. The predicted molar refractivity (Wildman–Crippen MR) is 99.9 cm³/mol. The van der Waals surface area contributed by atoms with Crippen LogP contribution in [0.4, 0.5) is 5.69 Å². The Bertz CT molecular complexity index is 812. The minimum atomic E-state index is -0.460. The third-order valence-electron chi connectivity index (χ3n) is 4.15. The summed E-state index contributed by atoms with van der Waals surface area (Å²) in [5.41, 5.74) is 7.88. The Labute approximate surface area is 156 Å². The lowest BCUT2D eigenvalue weighted by Crippen LogP contribution is -2.39. The topological polar surface area (TPSA) is 79.5 Å². The van der Waals surface area contributed by atoms with E-state index in [0.29, 0.717) is 22.7 Å². The van der Waals surface area contributed by atoms with E-state index in [1.165, 1.54) is 0 Å². The number of hydrazine groups is 1. The summed E-state index contributed by atoms with van der Waals surface area (Å²) >= 11 is 6.03. The van der Waals surface area contributed by atoms with Crippen LogP contribution in [0.1, 0.15) is 35.3 Å². The Kier molecular flexibility index (Phi) is 5.88. The van der Waals surface area contributed by atoms with Gasteiger partial charge in [-0.1, -0.05) is 35.9 Å². The summed E-state index contributed by atoms with van der Waals surface area (Å²) in [6, 6.07) is 13.9. The molecule has 0 bridgehead atoms. The molecule has 0 radical (unpaired) electrons. The van der Waals surface area contributed by atoms with Gasteiger partial charge in [0.05, 0.1) is 17.9 Å². The van der Waals surface area contributed by atoms with E-state index in [9.17, 15) is 9.59 Å². The first kappa shape index (κ1) is 18.4. The summed E-state index contributed by atoms with van der Waals surface area (Å²) in [4.78, 5) is 24.6. The smallest absolute Gasteiger partial charge is 0.340 e. The fourth-order valence-electron chi connectivity index (χ4n) is 2.87. The molecule has 2 atom stereocenters. The van der Waals surface area contributed by atoms with Crippen molar-refractivity contribution in [2.75, 3.05) is 11.9 Å². The molecular formula is C19H20ClN3O3. The number of benzene rings is 2. The molecule has 2 aromatic carbocycles. The van der Waals surface area contributed by atoms with Gasteiger partial charge < -0.3 is 10.1 Å². The van der Waals surface area contributed by atoms with E-state index >= 15 is 0 Å². The zero-order valence-electron chi connectivity index (χ0n) is 14.3. The summed E-state index contributed by atoms with van der Waals surface area (Å²) in [7, 11) is 0. The highest BCUT2D eigenvalue weighted by Crippen LogP contribution is 2.25. The average Bonchev–Trinajstić information content (AvgIpc) is 3.13. The lowest BCUT2D eigenvalue weighted by molar-refractivity contribution is -0.117. The highest BCUT2D eigenvalue weighted by molar-refractivity contribution is 6.30. The van der Waals surface area contributed by atoms with Crippen LogP contribution in [0.2, 0.25) is 5.02 Å². The summed E-state index contributed by atoms with van der Waals surface area (Å²) in [6.07, 6.45) is 0.563. The van der Waals surface area contributed by atoms with E-state index in [1.807, 2.05) is 24.3 Å². The van der Waals surface area contributed by atoms with Crippen molar-refractivity contribution in [3.63, 3.8) is 0 Å². The number of anilines is 1. The molecule has 0 aromatic heterocycles. The van der Waals surface area contributed by atoms with Crippen molar-refractivity contribution >= 4 is 29.2 Å². The van der Waals surface area contributed by atoms with Crippen molar-refractivity contribution in [2.45, 2.75) is 25.4 Å². The van der Waals surface area contributed by atoms with Gasteiger partial charge in [0, 0.05) is 11.1 Å². The van der Waals surface area contributed by atoms with Crippen LogP contribution >= 0.6 is 11.6 Å². The summed E-state index contributed by atoms with van der Waals surface area (Å²) in [6.45, 7) is 2.01. The van der Waals surface area contributed by atoms with Gasteiger partial charge in [0.25, 0.3) is 0 Å². The van der Waals surface area contributed by atoms with Gasteiger partial charge in [-0.15, -0.1) is 0 Å². The first-order chi connectivity index (χ1) is 12.6. The van der Waals surface area contributed by atoms with E-state index in [2.05, 4.69) is 16.2 Å². The number of amides is 1. The zero-order chi connectivity index (χ0) is 18.5. The van der Waals surface area contributed by atoms with Crippen LogP contribution in [0.3, 0.4) is 0 Å². The lowest BCUT2D eigenvalue weighted by Gasteiger charge is -2.13. The molecule has 1 amide bonds. The summed E-state index contributed by atoms with van der Waals surface area (Å²) in [5.74, 6) is -0.684. The highest BCUT2D eigenvalue weighted by atomic mass is 35.5. The third-order valence-corrected chi connectivity index (χ3v) is 4.39. The van der Waals surface area contributed by atoms with Gasteiger partial charge >= 0.3 is 5.97 Å². The maximum Gasteiger partial charge on any atom is 0.340 e. The normalized spacial score (nSPS) is 19.2. The average molecular weight is 374 g/mol. The molecule has 1 saturated heterocycles. The maximum absolute atomic E-state index is 12.6. The molecule has 2 unspecified atom stereocenters. The van der Waals surface area contributed by atoms with Crippen LogP contribution in [0.5, 0.6) is 0 Å². The van der Waals surface area contributed by atoms with Crippen molar-refractivity contribution in [2.24, 2.45) is 0 Å². The molecule has 1 aliphatic rings. The SMILES string of the molecule is CCOC(=O)c1ccccc1NC(=O)C1CC(c2cccc(Cl)c2)NN1. The van der Waals surface area contributed by atoms with Crippen LogP contribution in [-0.2, 0) is 9.53 Å². The number of hydrogen-bond acceptors (Lipinski definition) is 5. The van der Waals surface area contributed by atoms with Gasteiger partial charge in [0.15, 0.2) is 0 Å². The number of nitrogens with one attached hydrogen (secondary N) is 3. The van der Waals surface area contributed by atoms with Crippen molar-refractivity contribution in [1.82, 2.24) is 10.9 Å². The van der Waals surface area contributed by atoms with Crippen molar-refractivity contribution < 1.29 is 14.3 Å². The zero-order valence-corrected chi connectivity index (χ0v) is 15.0. The van der Waals surface area contributed by atoms with Crippen LogP contribution in [-0.4, -0.2) is 24.5 Å². The molecular weight excluding hydrogens is 354 g/mol. The first-order valence-electron chi connectivity index (χ1n) is 8.42. The van der Waals surface area contributed by atoms with Gasteiger partial charge in [-0.05, 0) is 43.2 Å². The molecule has 6 nitrogen and oxygen atoms in total. The fourth-order valence-corrected chi connectivity index (χ4v) is 3.07. The molecule has 1 heterocycles. The Morgan fingerprint density at radius 3 is 2.77 bits per heavy atom. The molecule has 136 valence electrons. The van der Waals surface area contributed by atoms with Crippen molar-refractivity contribution in [3.05, 3.63) is 64.7 Å². The van der Waals surface area contributed by atoms with E-state index in [4.69, 9.17) is 16.3 Å². The van der Waals surface area contributed by atoms with Gasteiger partial charge in [-0.3, -0.25) is 4.79 Å². The van der Waals surface area contributed by atoms with E-state index in [0.717, 1.165) is 5.56 Å². The molecule has 2 aromatic rings. The Morgan fingerprint density at radius 1 is 1.19 bits per heavy atom. The highest BCUT2D eigenvalue weighted by Gasteiger charge is 2.30. The molecule has 26 heavy (non-hydrogen) atoms. The maximum atomic E-state index is 12.6. The van der Waals surface area contributed by atoms with E-state index < -0.39 is 12.0 Å². The molecule has 0 saturated carbocycles.